The summed E-state index contributed by atoms with van der Waals surface area (Å²) < 4.78 is 2.40. The van der Waals surface area contributed by atoms with Crippen LogP contribution < -0.4 is 5.73 Å². The van der Waals surface area contributed by atoms with Gasteiger partial charge in [0.1, 0.15) is 0 Å². The Kier molecular flexibility index (Phi) is 4.92. The average Bonchev–Trinajstić information content (AvgIpc) is 2.89. The summed E-state index contributed by atoms with van der Waals surface area (Å²) in [5.41, 5.74) is 8.45. The number of hydrogen-bond acceptors (Lipinski definition) is 2. The minimum atomic E-state index is 0.392. The zero-order valence-corrected chi connectivity index (χ0v) is 15.7. The zero-order valence-electron chi connectivity index (χ0n) is 14.2. The van der Waals surface area contributed by atoms with Crippen LogP contribution in [0, 0.1) is 0 Å². The van der Waals surface area contributed by atoms with Crippen molar-refractivity contribution in [1.29, 1.82) is 0 Å². The van der Waals surface area contributed by atoms with E-state index in [1.165, 1.54) is 21.8 Å². The summed E-state index contributed by atoms with van der Waals surface area (Å²) in [5, 5.41) is 3.87. The van der Waals surface area contributed by atoms with E-state index in [9.17, 15) is 0 Å². The van der Waals surface area contributed by atoms with E-state index in [2.05, 4.69) is 21.6 Å². The highest BCUT2D eigenvalue weighted by Crippen LogP contribution is 2.33. The van der Waals surface area contributed by atoms with Crippen molar-refractivity contribution in [3.63, 3.8) is 0 Å². The van der Waals surface area contributed by atoms with Crippen LogP contribution in [0.4, 0.5) is 0 Å². The van der Waals surface area contributed by atoms with Crippen molar-refractivity contribution in [2.24, 2.45) is 5.73 Å². The van der Waals surface area contributed by atoms with Gasteiger partial charge in [-0.25, -0.2) is 0 Å². The Morgan fingerprint density at radius 1 is 0.880 bits per heavy atom. The minimum Gasteiger partial charge on any atom is -0.340 e. The number of aryl methyl sites for hydroxylation is 1. The van der Waals surface area contributed by atoms with Crippen molar-refractivity contribution >= 4 is 45.0 Å². The lowest BCUT2D eigenvalue weighted by molar-refractivity contribution is 0.208. The van der Waals surface area contributed by atoms with Gasteiger partial charge in [0.05, 0.1) is 0 Å². The van der Waals surface area contributed by atoms with Crippen LogP contribution in [-0.2, 0) is 6.54 Å². The summed E-state index contributed by atoms with van der Waals surface area (Å²) in [4.78, 5) is 2.53. The van der Waals surface area contributed by atoms with Crippen LogP contribution in [0.2, 0.25) is 10.0 Å². The lowest BCUT2D eigenvalue weighted by Gasteiger charge is -2.30. The molecule has 0 spiro atoms. The van der Waals surface area contributed by atoms with Crippen LogP contribution in [-0.4, -0.2) is 35.1 Å². The number of nitrogens with zero attached hydrogens (tertiary/aromatic N) is 2. The van der Waals surface area contributed by atoms with Crippen LogP contribution in [0.3, 0.4) is 0 Å². The van der Waals surface area contributed by atoms with Gasteiger partial charge in [0, 0.05) is 44.4 Å². The van der Waals surface area contributed by atoms with Crippen LogP contribution >= 0.6 is 23.2 Å². The predicted molar refractivity (Wildman–Crippen MR) is 108 cm³/mol. The van der Waals surface area contributed by atoms with E-state index in [0.717, 1.165) is 55.5 Å². The lowest BCUT2D eigenvalue weighted by atomic mass is 10.1. The average molecular weight is 376 g/mol. The third kappa shape index (κ3) is 3.52. The van der Waals surface area contributed by atoms with Gasteiger partial charge < -0.3 is 15.2 Å². The van der Waals surface area contributed by atoms with E-state index in [1.54, 1.807) is 0 Å². The Morgan fingerprint density at radius 2 is 1.44 bits per heavy atom. The van der Waals surface area contributed by atoms with Crippen LogP contribution in [0.25, 0.3) is 21.8 Å². The third-order valence-corrected chi connectivity index (χ3v) is 5.75. The van der Waals surface area contributed by atoms with Gasteiger partial charge >= 0.3 is 0 Å². The number of piperidine rings is 1. The molecule has 2 N–H and O–H groups in total. The van der Waals surface area contributed by atoms with Crippen molar-refractivity contribution in [2.45, 2.75) is 31.8 Å². The summed E-state index contributed by atoms with van der Waals surface area (Å²) in [5.74, 6) is 0. The molecular weight excluding hydrogens is 353 g/mol. The standard InChI is InChI=1S/C20H23Cl2N3/c21-14-2-4-19-17(12-14)18-13-15(22)3-5-20(18)25(19)9-1-8-24-10-6-16(23)7-11-24/h2-5,12-13,16H,1,6-11,23H2. The summed E-state index contributed by atoms with van der Waals surface area (Å²) in [7, 11) is 0. The first-order chi connectivity index (χ1) is 12.1. The first kappa shape index (κ1) is 17.2. The van der Waals surface area contributed by atoms with Gasteiger partial charge in [-0.3, -0.25) is 0 Å². The number of halogens is 2. The molecule has 0 unspecified atom stereocenters. The van der Waals surface area contributed by atoms with Crippen LogP contribution in [0.5, 0.6) is 0 Å². The van der Waals surface area contributed by atoms with Gasteiger partial charge in [-0.15, -0.1) is 0 Å². The first-order valence-electron chi connectivity index (χ1n) is 8.97. The normalized spacial score (nSPS) is 16.9. The smallest absolute Gasteiger partial charge is 0.0492 e. The topological polar surface area (TPSA) is 34.2 Å². The van der Waals surface area contributed by atoms with Crippen molar-refractivity contribution in [2.75, 3.05) is 19.6 Å². The Morgan fingerprint density at radius 3 is 2.00 bits per heavy atom. The number of likely N-dealkylation sites (tertiary alicyclic amines) is 1. The number of aromatic nitrogens is 1. The molecule has 1 aliphatic heterocycles. The maximum Gasteiger partial charge on any atom is 0.0492 e. The largest absolute Gasteiger partial charge is 0.340 e. The fourth-order valence-electron chi connectivity index (χ4n) is 3.92. The second-order valence-corrected chi connectivity index (χ2v) is 7.88. The maximum absolute atomic E-state index is 6.23. The first-order valence-corrected chi connectivity index (χ1v) is 9.72. The molecule has 3 aromatic rings. The molecule has 0 atom stereocenters. The molecule has 132 valence electrons. The van der Waals surface area contributed by atoms with E-state index in [0.29, 0.717) is 6.04 Å². The molecule has 1 aliphatic rings. The molecule has 0 radical (unpaired) electrons. The Labute approximate surface area is 158 Å². The molecule has 1 saturated heterocycles. The molecule has 0 saturated carbocycles. The van der Waals surface area contributed by atoms with E-state index in [1.807, 2.05) is 24.3 Å². The molecule has 0 aliphatic carbocycles. The van der Waals surface area contributed by atoms with Gasteiger partial charge in [0.25, 0.3) is 0 Å². The van der Waals surface area contributed by atoms with Crippen molar-refractivity contribution in [1.82, 2.24) is 9.47 Å². The summed E-state index contributed by atoms with van der Waals surface area (Å²) in [6, 6.07) is 12.6. The number of rotatable bonds is 4. The highest BCUT2D eigenvalue weighted by atomic mass is 35.5. The predicted octanol–water partition coefficient (Wildman–Crippen LogP) is 4.91. The number of nitrogens with two attached hydrogens (primary N) is 1. The summed E-state index contributed by atoms with van der Waals surface area (Å²) in [6.07, 6.45) is 3.36. The van der Waals surface area contributed by atoms with Gasteiger partial charge in [-0.05, 0) is 75.3 Å². The molecule has 5 heteroatoms. The van der Waals surface area contributed by atoms with Crippen molar-refractivity contribution in [3.8, 4) is 0 Å². The monoisotopic (exact) mass is 375 g/mol. The quantitative estimate of drug-likeness (QED) is 0.702. The molecular formula is C20H23Cl2N3. The molecule has 2 aromatic carbocycles. The van der Waals surface area contributed by atoms with E-state index in [4.69, 9.17) is 28.9 Å². The molecule has 1 aromatic heterocycles. The zero-order chi connectivity index (χ0) is 17.4. The maximum atomic E-state index is 6.23. The van der Waals surface area contributed by atoms with Gasteiger partial charge in [-0.1, -0.05) is 23.2 Å². The van der Waals surface area contributed by atoms with E-state index in [-0.39, 0.29) is 0 Å². The summed E-state index contributed by atoms with van der Waals surface area (Å²) in [6.45, 7) is 4.36. The molecule has 4 rings (SSSR count). The Balaban J connectivity index is 1.59. The van der Waals surface area contributed by atoms with Gasteiger partial charge in [-0.2, -0.15) is 0 Å². The second-order valence-electron chi connectivity index (χ2n) is 7.01. The van der Waals surface area contributed by atoms with E-state index >= 15 is 0 Å². The van der Waals surface area contributed by atoms with Gasteiger partial charge in [0.15, 0.2) is 0 Å². The highest BCUT2D eigenvalue weighted by molar-refractivity contribution is 6.33. The number of hydrogen-bond donors (Lipinski definition) is 1. The molecule has 2 heterocycles. The second kappa shape index (κ2) is 7.16. The van der Waals surface area contributed by atoms with Crippen molar-refractivity contribution in [3.05, 3.63) is 46.4 Å². The molecule has 0 amide bonds. The highest BCUT2D eigenvalue weighted by Gasteiger charge is 2.16. The summed E-state index contributed by atoms with van der Waals surface area (Å²) >= 11 is 12.5. The lowest BCUT2D eigenvalue weighted by Crippen LogP contribution is -2.40. The van der Waals surface area contributed by atoms with Crippen LogP contribution in [0.15, 0.2) is 36.4 Å². The van der Waals surface area contributed by atoms with Crippen LogP contribution in [0.1, 0.15) is 19.3 Å². The molecule has 0 bridgehead atoms. The fourth-order valence-corrected chi connectivity index (χ4v) is 4.26. The third-order valence-electron chi connectivity index (χ3n) is 5.28. The SMILES string of the molecule is NC1CCN(CCCn2c3ccc(Cl)cc3c3cc(Cl)ccc32)CC1. The fraction of sp³-hybridized carbons (Fsp3) is 0.400. The van der Waals surface area contributed by atoms with Crippen molar-refractivity contribution < 1.29 is 0 Å². The Hall–Kier alpha value is -1.26. The Bertz CT molecular complexity index is 835. The number of fused-ring (bicyclic) bond motifs is 3. The van der Waals surface area contributed by atoms with E-state index < -0.39 is 0 Å². The minimum absolute atomic E-state index is 0.392. The van der Waals surface area contributed by atoms with Gasteiger partial charge in [0.2, 0.25) is 0 Å². The molecule has 1 fully saturated rings. The number of benzene rings is 2. The molecule has 25 heavy (non-hydrogen) atoms. The molecule has 3 nitrogen and oxygen atoms in total.